The molecule has 0 unspecified atom stereocenters. The van der Waals surface area contributed by atoms with Crippen molar-refractivity contribution in [3.8, 4) is 0 Å². The number of nitrogens with zero attached hydrogens (tertiary/aromatic N) is 3. The van der Waals surface area contributed by atoms with Crippen LogP contribution in [-0.4, -0.2) is 21.7 Å². The SMILES string of the molecule is CN(Cc1ccc(F)cc1F)Cn1cc(Br)cn1. The van der Waals surface area contributed by atoms with Gasteiger partial charge in [0.2, 0.25) is 0 Å². The third-order valence-electron chi connectivity index (χ3n) is 2.44. The van der Waals surface area contributed by atoms with Crippen molar-refractivity contribution in [3.63, 3.8) is 0 Å². The summed E-state index contributed by atoms with van der Waals surface area (Å²) in [5.41, 5.74) is 0.463. The Morgan fingerprint density at radius 2 is 2.17 bits per heavy atom. The van der Waals surface area contributed by atoms with E-state index in [2.05, 4.69) is 21.0 Å². The van der Waals surface area contributed by atoms with E-state index in [1.165, 1.54) is 12.1 Å². The van der Waals surface area contributed by atoms with Crippen LogP contribution in [0.15, 0.2) is 35.1 Å². The fourth-order valence-corrected chi connectivity index (χ4v) is 1.98. The minimum Gasteiger partial charge on any atom is -0.283 e. The van der Waals surface area contributed by atoms with Gasteiger partial charge in [0, 0.05) is 24.4 Å². The Balaban J connectivity index is 2.00. The van der Waals surface area contributed by atoms with Gasteiger partial charge in [-0.25, -0.2) is 8.78 Å². The molecule has 18 heavy (non-hydrogen) atoms. The molecule has 0 fully saturated rings. The fourth-order valence-electron chi connectivity index (χ4n) is 1.65. The Hall–Kier alpha value is -1.27. The number of halogens is 3. The van der Waals surface area contributed by atoms with Gasteiger partial charge in [-0.2, -0.15) is 5.10 Å². The highest BCUT2D eigenvalue weighted by atomic mass is 79.9. The van der Waals surface area contributed by atoms with Gasteiger partial charge in [0.05, 0.1) is 17.3 Å². The van der Waals surface area contributed by atoms with E-state index in [1.807, 2.05) is 18.1 Å². The molecule has 0 N–H and O–H groups in total. The number of hydrogen-bond donors (Lipinski definition) is 0. The van der Waals surface area contributed by atoms with Gasteiger partial charge < -0.3 is 0 Å². The quantitative estimate of drug-likeness (QED) is 0.864. The zero-order chi connectivity index (χ0) is 13.1. The maximum absolute atomic E-state index is 13.5. The molecular formula is C12H12BrF2N3. The van der Waals surface area contributed by atoms with Crippen LogP contribution in [0.1, 0.15) is 5.56 Å². The van der Waals surface area contributed by atoms with Crippen LogP contribution in [0.4, 0.5) is 8.78 Å². The third-order valence-corrected chi connectivity index (χ3v) is 2.85. The molecule has 2 aromatic rings. The van der Waals surface area contributed by atoms with Gasteiger partial charge in [0.15, 0.2) is 0 Å². The second-order valence-corrected chi connectivity index (χ2v) is 5.01. The summed E-state index contributed by atoms with van der Waals surface area (Å²) in [5, 5.41) is 4.11. The molecular weight excluding hydrogens is 304 g/mol. The molecule has 0 spiro atoms. The van der Waals surface area contributed by atoms with Crippen LogP contribution in [0.25, 0.3) is 0 Å². The summed E-state index contributed by atoms with van der Waals surface area (Å²) in [7, 11) is 1.85. The molecule has 0 saturated heterocycles. The van der Waals surface area contributed by atoms with Gasteiger partial charge in [-0.3, -0.25) is 9.58 Å². The highest BCUT2D eigenvalue weighted by Crippen LogP contribution is 2.12. The van der Waals surface area contributed by atoms with Crippen molar-refractivity contribution in [1.29, 1.82) is 0 Å². The molecule has 0 bridgehead atoms. The molecule has 2 rings (SSSR count). The second-order valence-electron chi connectivity index (χ2n) is 4.09. The molecule has 0 atom stereocenters. The van der Waals surface area contributed by atoms with Crippen molar-refractivity contribution in [1.82, 2.24) is 14.7 Å². The number of benzene rings is 1. The molecule has 3 nitrogen and oxygen atoms in total. The Kier molecular flexibility index (Phi) is 4.08. The van der Waals surface area contributed by atoms with Crippen molar-refractivity contribution in [2.24, 2.45) is 0 Å². The van der Waals surface area contributed by atoms with Gasteiger partial charge in [0.1, 0.15) is 11.6 Å². The van der Waals surface area contributed by atoms with E-state index < -0.39 is 11.6 Å². The van der Waals surface area contributed by atoms with Crippen LogP contribution in [0.3, 0.4) is 0 Å². The lowest BCUT2D eigenvalue weighted by Gasteiger charge is -2.17. The summed E-state index contributed by atoms with van der Waals surface area (Å²) in [6, 6.07) is 3.62. The predicted molar refractivity (Wildman–Crippen MR) is 67.8 cm³/mol. The van der Waals surface area contributed by atoms with Crippen LogP contribution in [0.5, 0.6) is 0 Å². The maximum atomic E-state index is 13.5. The summed E-state index contributed by atoms with van der Waals surface area (Å²) < 4.78 is 28.8. The summed E-state index contributed by atoms with van der Waals surface area (Å²) in [4.78, 5) is 1.88. The Morgan fingerprint density at radius 1 is 1.39 bits per heavy atom. The molecule has 0 aliphatic heterocycles. The first kappa shape index (κ1) is 13.2. The summed E-state index contributed by atoms with van der Waals surface area (Å²) in [5.74, 6) is -1.08. The first-order valence-corrected chi connectivity index (χ1v) is 6.14. The number of rotatable bonds is 4. The normalized spacial score (nSPS) is 11.2. The van der Waals surface area contributed by atoms with Crippen LogP contribution in [-0.2, 0) is 13.2 Å². The van der Waals surface area contributed by atoms with Crippen molar-refractivity contribution >= 4 is 15.9 Å². The minimum atomic E-state index is -0.560. The Bertz CT molecular complexity index is 542. The van der Waals surface area contributed by atoms with E-state index >= 15 is 0 Å². The molecule has 1 aromatic heterocycles. The standard InChI is InChI=1S/C12H12BrF2N3/c1-17(8-18-7-10(13)5-16-18)6-9-2-3-11(14)4-12(9)15/h2-5,7H,6,8H2,1H3. The van der Waals surface area contributed by atoms with Crippen LogP contribution < -0.4 is 0 Å². The van der Waals surface area contributed by atoms with Crippen molar-refractivity contribution in [2.75, 3.05) is 7.05 Å². The molecule has 96 valence electrons. The first-order chi connectivity index (χ1) is 8.54. The monoisotopic (exact) mass is 315 g/mol. The van der Waals surface area contributed by atoms with E-state index in [-0.39, 0.29) is 0 Å². The smallest absolute Gasteiger partial charge is 0.130 e. The number of aromatic nitrogens is 2. The fraction of sp³-hybridized carbons (Fsp3) is 0.250. The van der Waals surface area contributed by atoms with Gasteiger partial charge in [0.25, 0.3) is 0 Å². The van der Waals surface area contributed by atoms with Gasteiger partial charge in [-0.1, -0.05) is 6.07 Å². The highest BCUT2D eigenvalue weighted by molar-refractivity contribution is 9.10. The average Bonchev–Trinajstić information content (AvgIpc) is 2.68. The predicted octanol–water partition coefficient (Wildman–Crippen LogP) is 3.01. The van der Waals surface area contributed by atoms with E-state index in [9.17, 15) is 8.78 Å². The Morgan fingerprint density at radius 3 is 2.78 bits per heavy atom. The van der Waals surface area contributed by atoms with Gasteiger partial charge in [-0.05, 0) is 29.0 Å². The van der Waals surface area contributed by atoms with Crippen molar-refractivity contribution in [3.05, 3.63) is 52.3 Å². The van der Waals surface area contributed by atoms with Crippen LogP contribution >= 0.6 is 15.9 Å². The van der Waals surface area contributed by atoms with Gasteiger partial charge >= 0.3 is 0 Å². The second kappa shape index (κ2) is 5.58. The summed E-state index contributed by atoms with van der Waals surface area (Å²) in [6.45, 7) is 0.923. The summed E-state index contributed by atoms with van der Waals surface area (Å²) >= 11 is 3.30. The molecule has 0 saturated carbocycles. The summed E-state index contributed by atoms with van der Waals surface area (Å²) in [6.07, 6.45) is 3.52. The van der Waals surface area contributed by atoms with E-state index in [1.54, 1.807) is 10.9 Å². The van der Waals surface area contributed by atoms with E-state index in [0.717, 1.165) is 10.5 Å². The van der Waals surface area contributed by atoms with E-state index in [4.69, 9.17) is 0 Å². The molecule has 0 radical (unpaired) electrons. The topological polar surface area (TPSA) is 21.1 Å². The van der Waals surface area contributed by atoms with Gasteiger partial charge in [-0.15, -0.1) is 0 Å². The van der Waals surface area contributed by atoms with Crippen molar-refractivity contribution in [2.45, 2.75) is 13.2 Å². The molecule has 0 amide bonds. The maximum Gasteiger partial charge on any atom is 0.130 e. The lowest BCUT2D eigenvalue weighted by Crippen LogP contribution is -2.22. The number of hydrogen-bond acceptors (Lipinski definition) is 2. The van der Waals surface area contributed by atoms with E-state index in [0.29, 0.717) is 18.8 Å². The lowest BCUT2D eigenvalue weighted by atomic mass is 10.2. The minimum absolute atomic E-state index is 0.392. The first-order valence-electron chi connectivity index (χ1n) is 5.35. The average molecular weight is 316 g/mol. The molecule has 6 heteroatoms. The Labute approximate surface area is 112 Å². The zero-order valence-corrected chi connectivity index (χ0v) is 11.4. The van der Waals surface area contributed by atoms with Crippen molar-refractivity contribution < 1.29 is 8.78 Å². The lowest BCUT2D eigenvalue weighted by molar-refractivity contribution is 0.243. The largest absolute Gasteiger partial charge is 0.283 e. The third kappa shape index (κ3) is 3.36. The molecule has 0 aliphatic carbocycles. The molecule has 1 aromatic carbocycles. The molecule has 0 aliphatic rings. The molecule has 1 heterocycles. The zero-order valence-electron chi connectivity index (χ0n) is 9.78. The van der Waals surface area contributed by atoms with Crippen LogP contribution in [0.2, 0.25) is 0 Å². The highest BCUT2D eigenvalue weighted by Gasteiger charge is 2.07. The van der Waals surface area contributed by atoms with Crippen LogP contribution in [0, 0.1) is 11.6 Å².